The molecule has 9 nitrogen and oxygen atoms in total. The number of rotatable bonds is 7. The van der Waals surface area contributed by atoms with E-state index >= 15 is 0 Å². The lowest BCUT2D eigenvalue weighted by molar-refractivity contribution is -0.142. The number of nitrogens with one attached hydrogen (secondary N) is 1. The molecule has 4 rings (SSSR count). The molecule has 1 aromatic carbocycles. The number of amides is 2. The van der Waals surface area contributed by atoms with Gasteiger partial charge in [-0.1, -0.05) is 19.1 Å². The summed E-state index contributed by atoms with van der Waals surface area (Å²) in [7, 11) is -2.19. The molecule has 0 radical (unpaired) electrons. The van der Waals surface area contributed by atoms with Crippen LogP contribution in [0.2, 0.25) is 0 Å². The van der Waals surface area contributed by atoms with Gasteiger partial charge in [0, 0.05) is 31.6 Å². The van der Waals surface area contributed by atoms with Gasteiger partial charge in [0.25, 0.3) is 0 Å². The third-order valence-electron chi connectivity index (χ3n) is 7.27. The Morgan fingerprint density at radius 2 is 2.09 bits per heavy atom. The highest BCUT2D eigenvalue weighted by atomic mass is 32.2. The Morgan fingerprint density at radius 1 is 1.33 bits per heavy atom. The molecule has 1 aromatic rings. The molecule has 2 bridgehead atoms. The number of likely N-dealkylation sites (tertiary alicyclic amines) is 3. The molecule has 0 aromatic heterocycles. The summed E-state index contributed by atoms with van der Waals surface area (Å²) in [5.74, 6) is -0.265. The van der Waals surface area contributed by atoms with E-state index < -0.39 is 10.0 Å². The fourth-order valence-electron chi connectivity index (χ4n) is 5.50. The Bertz CT molecular complexity index is 1080. The third kappa shape index (κ3) is 4.25. The van der Waals surface area contributed by atoms with E-state index in [4.69, 9.17) is 0 Å². The second-order valence-corrected chi connectivity index (χ2v) is 11.2. The van der Waals surface area contributed by atoms with Crippen LogP contribution in [-0.4, -0.2) is 79.7 Å². The maximum Gasteiger partial charge on any atom is 0.240 e. The second kappa shape index (κ2) is 9.05. The number of nitriles is 1. The van der Waals surface area contributed by atoms with Gasteiger partial charge in [0.1, 0.15) is 6.04 Å². The monoisotopic (exact) mass is 473 g/mol. The number of sulfonamides is 1. The Labute approximate surface area is 195 Å². The van der Waals surface area contributed by atoms with E-state index in [9.17, 15) is 23.3 Å². The van der Waals surface area contributed by atoms with Crippen molar-refractivity contribution in [2.24, 2.45) is 5.92 Å². The van der Waals surface area contributed by atoms with E-state index in [1.54, 1.807) is 17.0 Å². The molecule has 0 saturated carbocycles. The van der Waals surface area contributed by atoms with Crippen LogP contribution >= 0.6 is 0 Å². The van der Waals surface area contributed by atoms with Crippen molar-refractivity contribution in [3.8, 4) is 6.07 Å². The highest BCUT2D eigenvalue weighted by Gasteiger charge is 2.51. The summed E-state index contributed by atoms with van der Waals surface area (Å²) in [5, 5.41) is 9.28. The van der Waals surface area contributed by atoms with Crippen LogP contribution in [0.4, 0.5) is 0 Å². The topological polar surface area (TPSA) is 114 Å². The predicted molar refractivity (Wildman–Crippen MR) is 121 cm³/mol. The normalized spacial score (nSPS) is 27.1. The van der Waals surface area contributed by atoms with Gasteiger partial charge in [-0.2, -0.15) is 5.26 Å². The van der Waals surface area contributed by atoms with Crippen LogP contribution in [0, 0.1) is 17.2 Å². The minimum atomic E-state index is -3.56. The van der Waals surface area contributed by atoms with Crippen LogP contribution in [0.25, 0.3) is 0 Å². The first-order chi connectivity index (χ1) is 15.7. The molecule has 5 atom stereocenters. The molecule has 178 valence electrons. The largest absolute Gasteiger partial charge is 0.330 e. The van der Waals surface area contributed by atoms with Crippen molar-refractivity contribution in [2.75, 3.05) is 26.7 Å². The highest BCUT2D eigenvalue weighted by molar-refractivity contribution is 7.89. The van der Waals surface area contributed by atoms with Crippen LogP contribution in [0.3, 0.4) is 0 Å². The number of benzene rings is 1. The summed E-state index contributed by atoms with van der Waals surface area (Å²) < 4.78 is 26.7. The Kier molecular flexibility index (Phi) is 6.49. The van der Waals surface area contributed by atoms with Crippen LogP contribution in [0.15, 0.2) is 29.2 Å². The SMILES string of the molecule is CNS(=O)(=O)c1cccc([C@@H](C)N2C(=O)[C@@H]3C[C@H]2CN3C[C@H](C)C(=O)N2CCC[C@H]2C#N)c1. The number of hydrogen-bond acceptors (Lipinski definition) is 6. The maximum atomic E-state index is 13.3. The molecule has 10 heteroatoms. The first kappa shape index (κ1) is 23.7. The molecule has 2 amide bonds. The van der Waals surface area contributed by atoms with Crippen LogP contribution < -0.4 is 4.72 Å². The van der Waals surface area contributed by atoms with Gasteiger partial charge in [-0.25, -0.2) is 13.1 Å². The number of hydrogen-bond donors (Lipinski definition) is 1. The Hall–Kier alpha value is -2.48. The average molecular weight is 474 g/mol. The summed E-state index contributed by atoms with van der Waals surface area (Å²) >= 11 is 0. The van der Waals surface area contributed by atoms with Gasteiger partial charge in [0.05, 0.1) is 23.0 Å². The number of carbonyl (C=O) groups excluding carboxylic acids is 2. The first-order valence-electron chi connectivity index (χ1n) is 11.5. The molecule has 0 aliphatic carbocycles. The molecule has 3 saturated heterocycles. The standard InChI is InChI=1S/C23H31N5O4S/c1-15(22(29)27-9-5-7-18(27)12-24)13-26-14-19-11-21(26)23(30)28(19)16(2)17-6-4-8-20(10-17)33(31,32)25-3/h4,6,8,10,15-16,18-19,21,25H,5,7,9,11,13-14H2,1-3H3/t15-,16+,18-,19-,21-/m0/s1. The lowest BCUT2D eigenvalue weighted by atomic mass is 10.0. The van der Waals surface area contributed by atoms with Gasteiger partial charge in [-0.3, -0.25) is 14.5 Å². The van der Waals surface area contributed by atoms with Crippen LogP contribution in [0.5, 0.6) is 0 Å². The summed E-state index contributed by atoms with van der Waals surface area (Å²) in [6.07, 6.45) is 2.29. The number of carbonyl (C=O) groups is 2. The van der Waals surface area contributed by atoms with Gasteiger partial charge in [0.15, 0.2) is 0 Å². The fourth-order valence-corrected chi connectivity index (χ4v) is 6.28. The minimum absolute atomic E-state index is 0.0120. The zero-order valence-electron chi connectivity index (χ0n) is 19.3. The minimum Gasteiger partial charge on any atom is -0.330 e. The summed E-state index contributed by atoms with van der Waals surface area (Å²) in [6, 6.07) is 8.10. The molecule has 0 spiro atoms. The highest BCUT2D eigenvalue weighted by Crippen LogP contribution is 2.38. The first-order valence-corrected chi connectivity index (χ1v) is 13.0. The molecular weight excluding hydrogens is 442 g/mol. The lowest BCUT2D eigenvalue weighted by Crippen LogP contribution is -2.53. The lowest BCUT2D eigenvalue weighted by Gasteiger charge is -2.38. The molecule has 3 aliphatic rings. The number of piperazine rings is 1. The Balaban J connectivity index is 1.42. The molecular formula is C23H31N5O4S. The van der Waals surface area contributed by atoms with Crippen molar-refractivity contribution in [1.29, 1.82) is 5.26 Å². The summed E-state index contributed by atoms with van der Waals surface area (Å²) in [4.78, 5) is 32.0. The maximum absolute atomic E-state index is 13.3. The van der Waals surface area contributed by atoms with Gasteiger partial charge in [0.2, 0.25) is 21.8 Å². The smallest absolute Gasteiger partial charge is 0.240 e. The van der Waals surface area contributed by atoms with E-state index in [1.807, 2.05) is 24.8 Å². The zero-order chi connectivity index (χ0) is 23.9. The van der Waals surface area contributed by atoms with Gasteiger partial charge in [-0.15, -0.1) is 0 Å². The second-order valence-electron chi connectivity index (χ2n) is 9.28. The van der Waals surface area contributed by atoms with E-state index in [2.05, 4.69) is 15.7 Å². The molecule has 3 aliphatic heterocycles. The fraction of sp³-hybridized carbons (Fsp3) is 0.609. The van der Waals surface area contributed by atoms with E-state index in [-0.39, 0.29) is 46.8 Å². The number of fused-ring (bicyclic) bond motifs is 2. The Morgan fingerprint density at radius 3 is 2.76 bits per heavy atom. The van der Waals surface area contributed by atoms with Crippen molar-refractivity contribution < 1.29 is 18.0 Å². The third-order valence-corrected chi connectivity index (χ3v) is 8.68. The van der Waals surface area contributed by atoms with Crippen molar-refractivity contribution >= 4 is 21.8 Å². The summed E-state index contributed by atoms with van der Waals surface area (Å²) in [6.45, 7) is 5.61. The molecule has 33 heavy (non-hydrogen) atoms. The van der Waals surface area contributed by atoms with Gasteiger partial charge in [-0.05, 0) is 50.9 Å². The van der Waals surface area contributed by atoms with Gasteiger partial charge < -0.3 is 9.80 Å². The average Bonchev–Trinajstić information content (AvgIpc) is 3.52. The molecule has 3 heterocycles. The summed E-state index contributed by atoms with van der Waals surface area (Å²) in [5.41, 5.74) is 0.777. The van der Waals surface area contributed by atoms with Crippen molar-refractivity contribution in [2.45, 2.75) is 62.2 Å². The zero-order valence-corrected chi connectivity index (χ0v) is 20.1. The van der Waals surface area contributed by atoms with Crippen LogP contribution in [0.1, 0.15) is 44.7 Å². The molecule has 0 unspecified atom stereocenters. The predicted octanol–water partition coefficient (Wildman–Crippen LogP) is 1.09. The van der Waals surface area contributed by atoms with E-state index in [1.165, 1.54) is 13.1 Å². The van der Waals surface area contributed by atoms with E-state index in [0.717, 1.165) is 18.4 Å². The van der Waals surface area contributed by atoms with E-state index in [0.29, 0.717) is 26.1 Å². The quantitative estimate of drug-likeness (QED) is 0.634. The van der Waals surface area contributed by atoms with Crippen molar-refractivity contribution in [1.82, 2.24) is 19.4 Å². The molecule has 3 fully saturated rings. The van der Waals surface area contributed by atoms with Crippen LogP contribution in [-0.2, 0) is 19.6 Å². The number of nitrogens with zero attached hydrogens (tertiary/aromatic N) is 4. The molecule has 1 N–H and O–H groups in total. The van der Waals surface area contributed by atoms with Crippen molar-refractivity contribution in [3.05, 3.63) is 29.8 Å². The van der Waals surface area contributed by atoms with Gasteiger partial charge >= 0.3 is 0 Å². The van der Waals surface area contributed by atoms with Crippen molar-refractivity contribution in [3.63, 3.8) is 0 Å².